The smallest absolute Gasteiger partial charge is 0.315 e. The average Bonchev–Trinajstić information content (AvgIpc) is 2.29. The van der Waals surface area contributed by atoms with Crippen LogP contribution in [-0.4, -0.2) is 30.0 Å². The first-order valence-corrected chi connectivity index (χ1v) is 6.87. The van der Waals surface area contributed by atoms with Crippen molar-refractivity contribution in [3.8, 4) is 0 Å². The van der Waals surface area contributed by atoms with Gasteiger partial charge in [0.15, 0.2) is 0 Å². The molecule has 98 valence electrons. The Kier molecular flexibility index (Phi) is 6.28. The number of carbonyl (C=O) groups excluding carboxylic acids is 2. The van der Waals surface area contributed by atoms with E-state index in [2.05, 4.69) is 5.32 Å². The summed E-state index contributed by atoms with van der Waals surface area (Å²) in [6.07, 6.45) is 0. The summed E-state index contributed by atoms with van der Waals surface area (Å²) >= 11 is 1.25. The molecule has 1 aromatic carbocycles. The van der Waals surface area contributed by atoms with Gasteiger partial charge in [-0.25, -0.2) is 0 Å². The van der Waals surface area contributed by atoms with Gasteiger partial charge < -0.3 is 10.1 Å². The van der Waals surface area contributed by atoms with E-state index >= 15 is 0 Å². The third-order valence-electron chi connectivity index (χ3n) is 2.06. The molecule has 1 amide bonds. The maximum atomic E-state index is 11.6. The zero-order valence-corrected chi connectivity index (χ0v) is 11.4. The molecule has 0 aromatic heterocycles. The molecule has 18 heavy (non-hydrogen) atoms. The molecule has 0 aliphatic rings. The van der Waals surface area contributed by atoms with Crippen LogP contribution in [0, 0.1) is 6.92 Å². The van der Waals surface area contributed by atoms with Gasteiger partial charge in [0.2, 0.25) is 5.91 Å². The topological polar surface area (TPSA) is 55.4 Å². The van der Waals surface area contributed by atoms with Crippen LogP contribution in [-0.2, 0) is 14.3 Å². The zero-order valence-electron chi connectivity index (χ0n) is 10.6. The van der Waals surface area contributed by atoms with Gasteiger partial charge in [0, 0.05) is 5.69 Å². The summed E-state index contributed by atoms with van der Waals surface area (Å²) in [6, 6.07) is 7.58. The van der Waals surface area contributed by atoms with E-state index in [0.29, 0.717) is 6.61 Å². The minimum Gasteiger partial charge on any atom is -0.465 e. The van der Waals surface area contributed by atoms with Crippen LogP contribution in [0.3, 0.4) is 0 Å². The molecule has 0 saturated heterocycles. The lowest BCUT2D eigenvalue weighted by molar-refractivity contribution is -0.139. The predicted molar refractivity (Wildman–Crippen MR) is 73.8 cm³/mol. The normalized spacial score (nSPS) is 9.89. The lowest BCUT2D eigenvalue weighted by atomic mass is 10.2. The number of anilines is 1. The average molecular weight is 267 g/mol. The number of benzene rings is 1. The van der Waals surface area contributed by atoms with Gasteiger partial charge in [0.25, 0.3) is 0 Å². The van der Waals surface area contributed by atoms with Crippen LogP contribution < -0.4 is 5.32 Å². The number of rotatable bonds is 6. The molecule has 0 spiro atoms. The van der Waals surface area contributed by atoms with Gasteiger partial charge in [0.05, 0.1) is 18.1 Å². The van der Waals surface area contributed by atoms with E-state index in [1.807, 2.05) is 31.2 Å². The maximum Gasteiger partial charge on any atom is 0.315 e. The number of hydrogen-bond donors (Lipinski definition) is 1. The number of esters is 1. The second-order valence-corrected chi connectivity index (χ2v) is 4.70. The highest BCUT2D eigenvalue weighted by Gasteiger charge is 2.06. The molecule has 4 nitrogen and oxygen atoms in total. The highest BCUT2D eigenvalue weighted by molar-refractivity contribution is 8.00. The van der Waals surface area contributed by atoms with Crippen LogP contribution in [0.2, 0.25) is 0 Å². The minimum atomic E-state index is -0.286. The first kappa shape index (κ1) is 14.6. The van der Waals surface area contributed by atoms with Gasteiger partial charge in [-0.2, -0.15) is 0 Å². The largest absolute Gasteiger partial charge is 0.465 e. The molecule has 0 saturated carbocycles. The van der Waals surface area contributed by atoms with E-state index in [1.54, 1.807) is 6.92 Å². The number of amides is 1. The molecule has 0 unspecified atom stereocenters. The summed E-state index contributed by atoms with van der Waals surface area (Å²) < 4.78 is 4.77. The van der Waals surface area contributed by atoms with Gasteiger partial charge in [-0.15, -0.1) is 11.8 Å². The van der Waals surface area contributed by atoms with Crippen molar-refractivity contribution in [2.24, 2.45) is 0 Å². The van der Waals surface area contributed by atoms with Crippen molar-refractivity contribution in [1.29, 1.82) is 0 Å². The number of aryl methyl sites for hydroxylation is 1. The summed E-state index contributed by atoms with van der Waals surface area (Å²) in [5.41, 5.74) is 1.86. The quantitative estimate of drug-likeness (QED) is 0.803. The molecule has 0 aliphatic carbocycles. The molecule has 0 heterocycles. The standard InChI is InChI=1S/C13H17NO3S/c1-3-17-13(16)9-18-8-12(15)14-11-6-4-5-10(2)7-11/h4-7H,3,8-9H2,1-2H3,(H,14,15). The fourth-order valence-electron chi connectivity index (χ4n) is 1.35. The monoisotopic (exact) mass is 267 g/mol. The summed E-state index contributed by atoms with van der Waals surface area (Å²) in [7, 11) is 0. The van der Waals surface area contributed by atoms with Gasteiger partial charge in [-0.1, -0.05) is 12.1 Å². The van der Waals surface area contributed by atoms with Crippen molar-refractivity contribution in [1.82, 2.24) is 0 Å². The number of hydrogen-bond acceptors (Lipinski definition) is 4. The van der Waals surface area contributed by atoms with Crippen molar-refractivity contribution in [2.75, 3.05) is 23.4 Å². The fourth-order valence-corrected chi connectivity index (χ4v) is 1.96. The lowest BCUT2D eigenvalue weighted by Crippen LogP contribution is -2.16. The molecular weight excluding hydrogens is 250 g/mol. The van der Waals surface area contributed by atoms with Crippen LogP contribution in [0.25, 0.3) is 0 Å². The Bertz CT molecular complexity index is 420. The van der Waals surface area contributed by atoms with Crippen LogP contribution in [0.1, 0.15) is 12.5 Å². The highest BCUT2D eigenvalue weighted by Crippen LogP contribution is 2.10. The van der Waals surface area contributed by atoms with Gasteiger partial charge >= 0.3 is 5.97 Å². The van der Waals surface area contributed by atoms with Crippen molar-refractivity contribution in [2.45, 2.75) is 13.8 Å². The zero-order chi connectivity index (χ0) is 13.4. The Morgan fingerprint density at radius 1 is 1.33 bits per heavy atom. The first-order chi connectivity index (χ1) is 8.61. The molecule has 1 N–H and O–H groups in total. The molecule has 0 bridgehead atoms. The number of ether oxygens (including phenoxy) is 1. The third kappa shape index (κ3) is 5.72. The van der Waals surface area contributed by atoms with Gasteiger partial charge in [0.1, 0.15) is 0 Å². The number of thioether (sulfide) groups is 1. The van der Waals surface area contributed by atoms with Crippen molar-refractivity contribution in [3.63, 3.8) is 0 Å². The van der Waals surface area contributed by atoms with Crippen LogP contribution >= 0.6 is 11.8 Å². The van der Waals surface area contributed by atoms with Crippen molar-refractivity contribution < 1.29 is 14.3 Å². The van der Waals surface area contributed by atoms with E-state index in [9.17, 15) is 9.59 Å². The Hall–Kier alpha value is -1.49. The molecule has 0 aliphatic heterocycles. The molecule has 5 heteroatoms. The van der Waals surface area contributed by atoms with E-state index in [0.717, 1.165) is 11.3 Å². The summed E-state index contributed by atoms with van der Waals surface area (Å²) in [5, 5.41) is 2.78. The van der Waals surface area contributed by atoms with E-state index in [-0.39, 0.29) is 23.4 Å². The second kappa shape index (κ2) is 7.76. The summed E-state index contributed by atoms with van der Waals surface area (Å²) in [5.74, 6) is 0.0442. The number of carbonyl (C=O) groups is 2. The van der Waals surface area contributed by atoms with E-state index < -0.39 is 0 Å². The van der Waals surface area contributed by atoms with Crippen molar-refractivity contribution in [3.05, 3.63) is 29.8 Å². The maximum absolute atomic E-state index is 11.6. The van der Waals surface area contributed by atoms with Crippen molar-refractivity contribution >= 4 is 29.3 Å². The van der Waals surface area contributed by atoms with Crippen LogP contribution in [0.15, 0.2) is 24.3 Å². The van der Waals surface area contributed by atoms with Gasteiger partial charge in [-0.05, 0) is 31.5 Å². The Morgan fingerprint density at radius 2 is 2.11 bits per heavy atom. The minimum absolute atomic E-state index is 0.116. The Morgan fingerprint density at radius 3 is 2.78 bits per heavy atom. The number of nitrogens with one attached hydrogen (secondary N) is 1. The molecule has 1 rings (SSSR count). The van der Waals surface area contributed by atoms with E-state index in [4.69, 9.17) is 4.74 Å². The fraction of sp³-hybridized carbons (Fsp3) is 0.385. The predicted octanol–water partition coefficient (Wildman–Crippen LogP) is 2.23. The molecule has 0 radical (unpaired) electrons. The molecule has 0 atom stereocenters. The lowest BCUT2D eigenvalue weighted by Gasteiger charge is -2.05. The van der Waals surface area contributed by atoms with Gasteiger partial charge in [-0.3, -0.25) is 9.59 Å². The molecular formula is C13H17NO3S. The highest BCUT2D eigenvalue weighted by atomic mass is 32.2. The van der Waals surface area contributed by atoms with Crippen LogP contribution in [0.5, 0.6) is 0 Å². The summed E-state index contributed by atoms with van der Waals surface area (Å²) in [6.45, 7) is 4.09. The molecule has 0 fully saturated rings. The van der Waals surface area contributed by atoms with Crippen LogP contribution in [0.4, 0.5) is 5.69 Å². The Labute approximate surface area is 111 Å². The molecule has 1 aromatic rings. The first-order valence-electron chi connectivity index (χ1n) is 5.71. The second-order valence-electron chi connectivity index (χ2n) is 3.72. The van der Waals surface area contributed by atoms with E-state index in [1.165, 1.54) is 11.8 Å². The third-order valence-corrected chi connectivity index (χ3v) is 2.97. The summed E-state index contributed by atoms with van der Waals surface area (Å²) in [4.78, 5) is 22.6. The SMILES string of the molecule is CCOC(=O)CSCC(=O)Nc1cccc(C)c1. The Balaban J connectivity index is 2.28.